The number of halogens is 1. The number of likely N-dealkylation sites (tertiary alicyclic amines) is 1. The van der Waals surface area contributed by atoms with E-state index in [4.69, 9.17) is 0 Å². The molecule has 1 aromatic rings. The van der Waals surface area contributed by atoms with Crippen LogP contribution in [0.4, 0.5) is 4.39 Å². The second-order valence-electron chi connectivity index (χ2n) is 6.17. The molecule has 0 radical (unpaired) electrons. The molecule has 112 valence electrons. The van der Waals surface area contributed by atoms with Crippen LogP contribution in [0, 0.1) is 12.7 Å². The van der Waals surface area contributed by atoms with E-state index in [0.717, 1.165) is 56.4 Å². The van der Waals surface area contributed by atoms with Crippen molar-refractivity contribution in [3.8, 4) is 0 Å². The van der Waals surface area contributed by atoms with E-state index in [1.807, 2.05) is 6.92 Å². The highest BCUT2D eigenvalue weighted by Gasteiger charge is 2.30. The molecule has 1 aliphatic rings. The third-order valence-electron chi connectivity index (χ3n) is 4.38. The van der Waals surface area contributed by atoms with E-state index in [2.05, 4.69) is 11.8 Å². The molecule has 1 N–H and O–H groups in total. The SMILES string of the molecule is CCCN1CCCC(O)(Cc2cc(F)ccc2C)CC1. The lowest BCUT2D eigenvalue weighted by atomic mass is 9.86. The molecule has 0 aromatic heterocycles. The Morgan fingerprint density at radius 1 is 1.30 bits per heavy atom. The minimum atomic E-state index is -0.680. The molecule has 1 heterocycles. The van der Waals surface area contributed by atoms with Crippen LogP contribution in [0.5, 0.6) is 0 Å². The monoisotopic (exact) mass is 279 g/mol. The third kappa shape index (κ3) is 4.03. The van der Waals surface area contributed by atoms with Gasteiger partial charge in [0, 0.05) is 13.0 Å². The first kappa shape index (κ1) is 15.5. The van der Waals surface area contributed by atoms with E-state index in [-0.39, 0.29) is 5.82 Å². The summed E-state index contributed by atoms with van der Waals surface area (Å²) in [5.41, 5.74) is 1.33. The first-order valence-corrected chi connectivity index (χ1v) is 7.72. The van der Waals surface area contributed by atoms with E-state index < -0.39 is 5.60 Å². The predicted octanol–water partition coefficient (Wildman–Crippen LogP) is 3.30. The zero-order chi connectivity index (χ0) is 14.6. The second-order valence-corrected chi connectivity index (χ2v) is 6.17. The van der Waals surface area contributed by atoms with Crippen molar-refractivity contribution < 1.29 is 9.50 Å². The summed E-state index contributed by atoms with van der Waals surface area (Å²) in [5, 5.41) is 10.9. The van der Waals surface area contributed by atoms with Gasteiger partial charge in [0.2, 0.25) is 0 Å². The molecule has 0 bridgehead atoms. The van der Waals surface area contributed by atoms with Crippen LogP contribution >= 0.6 is 0 Å². The highest BCUT2D eigenvalue weighted by molar-refractivity contribution is 5.28. The predicted molar refractivity (Wildman–Crippen MR) is 80.4 cm³/mol. The number of benzene rings is 1. The Hall–Kier alpha value is -0.930. The summed E-state index contributed by atoms with van der Waals surface area (Å²) in [6, 6.07) is 4.86. The van der Waals surface area contributed by atoms with Gasteiger partial charge in [-0.1, -0.05) is 13.0 Å². The fourth-order valence-electron chi connectivity index (χ4n) is 3.14. The lowest BCUT2D eigenvalue weighted by Gasteiger charge is -2.28. The smallest absolute Gasteiger partial charge is 0.123 e. The Balaban J connectivity index is 2.05. The topological polar surface area (TPSA) is 23.5 Å². The van der Waals surface area contributed by atoms with Crippen molar-refractivity contribution in [2.45, 2.75) is 51.6 Å². The maximum atomic E-state index is 13.4. The number of hydrogen-bond acceptors (Lipinski definition) is 2. The lowest BCUT2D eigenvalue weighted by Crippen LogP contribution is -2.34. The molecule has 20 heavy (non-hydrogen) atoms. The van der Waals surface area contributed by atoms with E-state index >= 15 is 0 Å². The quantitative estimate of drug-likeness (QED) is 0.914. The Bertz CT molecular complexity index is 449. The van der Waals surface area contributed by atoms with Crippen molar-refractivity contribution in [2.75, 3.05) is 19.6 Å². The second kappa shape index (κ2) is 6.68. The van der Waals surface area contributed by atoms with Gasteiger partial charge < -0.3 is 10.0 Å². The minimum Gasteiger partial charge on any atom is -0.389 e. The maximum absolute atomic E-state index is 13.4. The van der Waals surface area contributed by atoms with Gasteiger partial charge in [-0.15, -0.1) is 0 Å². The van der Waals surface area contributed by atoms with Crippen molar-refractivity contribution in [3.63, 3.8) is 0 Å². The summed E-state index contributed by atoms with van der Waals surface area (Å²) < 4.78 is 13.4. The summed E-state index contributed by atoms with van der Waals surface area (Å²) >= 11 is 0. The summed E-state index contributed by atoms with van der Waals surface area (Å²) in [7, 11) is 0. The molecule has 2 nitrogen and oxygen atoms in total. The zero-order valence-electron chi connectivity index (χ0n) is 12.7. The summed E-state index contributed by atoms with van der Waals surface area (Å²) in [4.78, 5) is 2.43. The van der Waals surface area contributed by atoms with Crippen LogP contribution in [0.1, 0.15) is 43.7 Å². The average Bonchev–Trinajstić information content (AvgIpc) is 2.57. The van der Waals surface area contributed by atoms with Crippen molar-refractivity contribution in [1.82, 2.24) is 4.90 Å². The standard InChI is InChI=1S/C17H26FNO/c1-3-9-19-10-4-7-17(20,8-11-19)13-15-12-16(18)6-5-14(15)2/h5-6,12,20H,3-4,7-11,13H2,1-2H3. The van der Waals surface area contributed by atoms with Crippen LogP contribution in [0.2, 0.25) is 0 Å². The molecule has 1 atom stereocenters. The molecule has 0 saturated carbocycles. The fourth-order valence-corrected chi connectivity index (χ4v) is 3.14. The normalized spacial score (nSPS) is 24.6. The van der Waals surface area contributed by atoms with Gasteiger partial charge in [-0.2, -0.15) is 0 Å². The van der Waals surface area contributed by atoms with Gasteiger partial charge in [0.05, 0.1) is 5.60 Å². The molecular weight excluding hydrogens is 253 g/mol. The van der Waals surface area contributed by atoms with Crippen LogP contribution in [-0.4, -0.2) is 35.2 Å². The molecule has 1 saturated heterocycles. The highest BCUT2D eigenvalue weighted by Crippen LogP contribution is 2.28. The Morgan fingerprint density at radius 3 is 2.85 bits per heavy atom. The molecule has 1 fully saturated rings. The molecular formula is C17H26FNO. The van der Waals surface area contributed by atoms with E-state index in [1.54, 1.807) is 12.1 Å². The van der Waals surface area contributed by atoms with Gasteiger partial charge in [-0.05, 0) is 69.0 Å². The van der Waals surface area contributed by atoms with Gasteiger partial charge in [0.25, 0.3) is 0 Å². The Morgan fingerprint density at radius 2 is 2.10 bits per heavy atom. The first-order valence-electron chi connectivity index (χ1n) is 7.72. The van der Waals surface area contributed by atoms with Crippen molar-refractivity contribution >= 4 is 0 Å². The minimum absolute atomic E-state index is 0.213. The van der Waals surface area contributed by atoms with Crippen LogP contribution in [0.3, 0.4) is 0 Å². The van der Waals surface area contributed by atoms with Crippen molar-refractivity contribution in [2.24, 2.45) is 0 Å². The van der Waals surface area contributed by atoms with Crippen LogP contribution < -0.4 is 0 Å². The molecule has 0 aliphatic carbocycles. The van der Waals surface area contributed by atoms with Crippen molar-refractivity contribution in [3.05, 3.63) is 35.1 Å². The van der Waals surface area contributed by atoms with Gasteiger partial charge in [-0.25, -0.2) is 4.39 Å². The molecule has 1 aromatic carbocycles. The molecule has 0 amide bonds. The van der Waals surface area contributed by atoms with Crippen LogP contribution in [0.25, 0.3) is 0 Å². The fraction of sp³-hybridized carbons (Fsp3) is 0.647. The molecule has 0 spiro atoms. The van der Waals surface area contributed by atoms with Crippen molar-refractivity contribution in [1.29, 1.82) is 0 Å². The Kier molecular flexibility index (Phi) is 5.17. The van der Waals surface area contributed by atoms with Crippen LogP contribution in [0.15, 0.2) is 18.2 Å². The molecule has 1 aliphatic heterocycles. The van der Waals surface area contributed by atoms with Gasteiger partial charge in [-0.3, -0.25) is 0 Å². The highest BCUT2D eigenvalue weighted by atomic mass is 19.1. The largest absolute Gasteiger partial charge is 0.389 e. The Labute approximate surface area is 121 Å². The molecule has 2 rings (SSSR count). The number of nitrogens with zero attached hydrogens (tertiary/aromatic N) is 1. The van der Waals surface area contributed by atoms with E-state index in [0.29, 0.717) is 6.42 Å². The summed E-state index contributed by atoms with van der Waals surface area (Å²) in [5.74, 6) is -0.213. The number of rotatable bonds is 4. The molecule has 3 heteroatoms. The first-order chi connectivity index (χ1) is 9.52. The summed E-state index contributed by atoms with van der Waals surface area (Å²) in [6.45, 7) is 7.29. The summed E-state index contributed by atoms with van der Waals surface area (Å²) in [6.07, 6.45) is 4.33. The van der Waals surface area contributed by atoms with Gasteiger partial charge >= 0.3 is 0 Å². The number of aryl methyl sites for hydroxylation is 1. The average molecular weight is 279 g/mol. The third-order valence-corrected chi connectivity index (χ3v) is 4.38. The van der Waals surface area contributed by atoms with Crippen LogP contribution in [-0.2, 0) is 6.42 Å². The van der Waals surface area contributed by atoms with E-state index in [1.165, 1.54) is 6.07 Å². The number of hydrogen-bond donors (Lipinski definition) is 1. The van der Waals surface area contributed by atoms with Gasteiger partial charge in [0.15, 0.2) is 0 Å². The lowest BCUT2D eigenvalue weighted by molar-refractivity contribution is 0.0255. The molecule has 1 unspecified atom stereocenters. The number of aliphatic hydroxyl groups is 1. The zero-order valence-corrected chi connectivity index (χ0v) is 12.7. The maximum Gasteiger partial charge on any atom is 0.123 e. The van der Waals surface area contributed by atoms with Gasteiger partial charge in [0.1, 0.15) is 5.82 Å². The van der Waals surface area contributed by atoms with E-state index in [9.17, 15) is 9.50 Å².